The third-order valence-electron chi connectivity index (χ3n) is 7.66. The smallest absolute Gasteiger partial charge is 0.416 e. The van der Waals surface area contributed by atoms with Gasteiger partial charge in [-0.2, -0.15) is 13.2 Å². The lowest BCUT2D eigenvalue weighted by molar-refractivity contribution is -0.139. The van der Waals surface area contributed by atoms with Crippen molar-refractivity contribution < 1.29 is 27.2 Å². The number of nitrogens with one attached hydrogen (secondary N) is 1. The number of likely N-dealkylation sites (tertiary alicyclic amines) is 1. The van der Waals surface area contributed by atoms with Crippen LogP contribution in [0.5, 0.6) is 0 Å². The Balaban J connectivity index is 1.34. The van der Waals surface area contributed by atoms with E-state index in [9.17, 15) is 22.8 Å². The molecule has 6 nitrogen and oxygen atoms in total. The second-order valence-electron chi connectivity index (χ2n) is 9.99. The Hall–Kier alpha value is -2.00. The van der Waals surface area contributed by atoms with Crippen molar-refractivity contribution in [2.45, 2.75) is 51.2 Å². The average molecular weight is 500 g/mol. The van der Waals surface area contributed by atoms with E-state index in [-0.39, 0.29) is 57.5 Å². The van der Waals surface area contributed by atoms with Crippen molar-refractivity contribution in [3.8, 4) is 0 Å². The number of fused-ring (bicyclic) bond motifs is 1. The number of carbonyl (C=O) groups is 2. The van der Waals surface area contributed by atoms with Crippen molar-refractivity contribution in [3.63, 3.8) is 0 Å². The first-order valence-corrected chi connectivity index (χ1v) is 12.4. The molecule has 5 rings (SSSR count). The Morgan fingerprint density at radius 2 is 1.85 bits per heavy atom. The van der Waals surface area contributed by atoms with Crippen LogP contribution < -0.4 is 16.0 Å². The SMILES string of the molecule is CC1CNCCN1C(=O)C1CCN(C(=O)c2oc3c(c2Cl)=CC(C2CC2)CC=3C(F)(F)F)CC1. The van der Waals surface area contributed by atoms with Gasteiger partial charge in [-0.1, -0.05) is 17.7 Å². The fourth-order valence-corrected chi connectivity index (χ4v) is 5.75. The standard InChI is InChI=1S/C24H29ClF3N3O3/c1-13-12-29-6-9-31(13)22(32)15-4-7-30(8-5-15)23(33)21-19(25)17-10-16(14-2-3-14)11-18(20(17)34-21)24(26,27)28/h10,13-16,29H,2-9,11-12H2,1H3. The first-order valence-electron chi connectivity index (χ1n) is 12.1. The van der Waals surface area contributed by atoms with Gasteiger partial charge >= 0.3 is 6.18 Å². The fourth-order valence-electron chi connectivity index (χ4n) is 5.48. The van der Waals surface area contributed by atoms with Crippen molar-refractivity contribution in [1.82, 2.24) is 15.1 Å². The molecule has 2 amide bonds. The van der Waals surface area contributed by atoms with Crippen LogP contribution in [0.3, 0.4) is 0 Å². The molecule has 3 heterocycles. The number of alkyl halides is 3. The molecular formula is C24H29ClF3N3O3. The van der Waals surface area contributed by atoms with Gasteiger partial charge in [-0.25, -0.2) is 0 Å². The number of rotatable bonds is 3. The number of hydrogen-bond donors (Lipinski definition) is 1. The summed E-state index contributed by atoms with van der Waals surface area (Å²) in [5, 5.41) is 3.42. The lowest BCUT2D eigenvalue weighted by Crippen LogP contribution is -2.55. The highest BCUT2D eigenvalue weighted by molar-refractivity contribution is 6.33. The third-order valence-corrected chi connectivity index (χ3v) is 8.03. The lowest BCUT2D eigenvalue weighted by Gasteiger charge is -2.38. The number of carbonyl (C=O) groups excluding carboxylic acids is 2. The van der Waals surface area contributed by atoms with Crippen LogP contribution in [0.1, 0.15) is 49.6 Å². The predicted octanol–water partition coefficient (Wildman–Crippen LogP) is 2.53. The molecule has 2 atom stereocenters. The largest absolute Gasteiger partial charge is 0.449 e. The van der Waals surface area contributed by atoms with E-state index >= 15 is 0 Å². The minimum absolute atomic E-state index is 0.0417. The molecule has 4 aliphatic rings. The minimum Gasteiger partial charge on any atom is -0.449 e. The Labute approximate surface area is 200 Å². The maximum Gasteiger partial charge on any atom is 0.416 e. The Bertz CT molecular complexity index is 1100. The molecule has 1 saturated carbocycles. The van der Waals surface area contributed by atoms with Crippen LogP contribution in [-0.4, -0.2) is 66.6 Å². The summed E-state index contributed by atoms with van der Waals surface area (Å²) in [4.78, 5) is 29.6. The second kappa shape index (κ2) is 8.90. The van der Waals surface area contributed by atoms with Gasteiger partial charge in [-0.05, 0) is 50.9 Å². The molecular weight excluding hydrogens is 471 g/mol. The summed E-state index contributed by atoms with van der Waals surface area (Å²) in [5.41, 5.74) is -1.06. The molecule has 34 heavy (non-hydrogen) atoms. The van der Waals surface area contributed by atoms with Gasteiger partial charge in [0, 0.05) is 49.9 Å². The number of amides is 2. The molecule has 2 unspecified atom stereocenters. The van der Waals surface area contributed by atoms with Crippen molar-refractivity contribution in [2.75, 3.05) is 32.7 Å². The van der Waals surface area contributed by atoms with Gasteiger partial charge < -0.3 is 19.5 Å². The molecule has 0 aromatic carbocycles. The van der Waals surface area contributed by atoms with E-state index in [1.807, 2.05) is 11.8 Å². The Morgan fingerprint density at radius 3 is 2.47 bits per heavy atom. The number of hydrogen-bond acceptors (Lipinski definition) is 4. The molecule has 1 N–H and O–H groups in total. The first kappa shape index (κ1) is 23.7. The molecule has 2 aliphatic heterocycles. The van der Waals surface area contributed by atoms with Gasteiger partial charge in [0.15, 0.2) is 0 Å². The van der Waals surface area contributed by atoms with Crippen molar-refractivity contribution in [3.05, 3.63) is 21.4 Å². The van der Waals surface area contributed by atoms with Crippen LogP contribution >= 0.6 is 11.6 Å². The molecule has 186 valence electrons. The molecule has 0 spiro atoms. The molecule has 1 aromatic rings. The van der Waals surface area contributed by atoms with E-state index in [1.54, 1.807) is 6.08 Å². The van der Waals surface area contributed by atoms with E-state index in [1.165, 1.54) is 4.90 Å². The summed E-state index contributed by atoms with van der Waals surface area (Å²) >= 11 is 6.44. The summed E-state index contributed by atoms with van der Waals surface area (Å²) < 4.78 is 46.9. The zero-order valence-electron chi connectivity index (χ0n) is 19.1. The lowest BCUT2D eigenvalue weighted by atomic mass is 9.90. The van der Waals surface area contributed by atoms with Crippen LogP contribution in [0, 0.1) is 17.8 Å². The monoisotopic (exact) mass is 499 g/mol. The zero-order chi connectivity index (χ0) is 24.2. The number of piperazine rings is 1. The summed E-state index contributed by atoms with van der Waals surface area (Å²) in [7, 11) is 0. The molecule has 1 aromatic heterocycles. The van der Waals surface area contributed by atoms with E-state index in [0.29, 0.717) is 32.5 Å². The number of piperidine rings is 1. The van der Waals surface area contributed by atoms with Gasteiger partial charge in [0.2, 0.25) is 11.7 Å². The van der Waals surface area contributed by atoms with Crippen LogP contribution in [0.15, 0.2) is 4.42 Å². The summed E-state index contributed by atoms with van der Waals surface area (Å²) in [5.74, 6) is -0.817. The van der Waals surface area contributed by atoms with Crippen LogP contribution in [0.2, 0.25) is 5.02 Å². The fraction of sp³-hybridized carbons (Fsp3) is 0.667. The van der Waals surface area contributed by atoms with Crippen molar-refractivity contribution >= 4 is 35.1 Å². The van der Waals surface area contributed by atoms with E-state index in [4.69, 9.17) is 16.0 Å². The van der Waals surface area contributed by atoms with Gasteiger partial charge in [0.1, 0.15) is 5.42 Å². The van der Waals surface area contributed by atoms with Crippen LogP contribution in [-0.2, 0) is 4.79 Å². The molecule has 0 radical (unpaired) electrons. The number of halogens is 4. The van der Waals surface area contributed by atoms with E-state index in [2.05, 4.69) is 5.32 Å². The molecule has 10 heteroatoms. The minimum atomic E-state index is -4.54. The average Bonchev–Trinajstić information content (AvgIpc) is 3.61. The quantitative estimate of drug-likeness (QED) is 0.694. The molecule has 2 aliphatic carbocycles. The summed E-state index contributed by atoms with van der Waals surface area (Å²) in [6.45, 7) is 4.89. The molecule has 3 fully saturated rings. The maximum absolute atomic E-state index is 13.8. The van der Waals surface area contributed by atoms with Gasteiger partial charge in [0.05, 0.1) is 10.6 Å². The van der Waals surface area contributed by atoms with Gasteiger partial charge in [-0.15, -0.1) is 0 Å². The van der Waals surface area contributed by atoms with Crippen molar-refractivity contribution in [2.24, 2.45) is 17.8 Å². The zero-order valence-corrected chi connectivity index (χ0v) is 19.8. The predicted molar refractivity (Wildman–Crippen MR) is 120 cm³/mol. The highest BCUT2D eigenvalue weighted by atomic mass is 35.5. The molecule has 2 saturated heterocycles. The summed E-state index contributed by atoms with van der Waals surface area (Å²) in [6.07, 6.45) is -0.102. The number of furan rings is 1. The summed E-state index contributed by atoms with van der Waals surface area (Å²) in [6, 6.07) is 0.129. The first-order chi connectivity index (χ1) is 16.1. The maximum atomic E-state index is 13.8. The van der Waals surface area contributed by atoms with Crippen LogP contribution in [0.4, 0.5) is 13.2 Å². The molecule has 0 bridgehead atoms. The van der Waals surface area contributed by atoms with Crippen LogP contribution in [0.25, 0.3) is 11.6 Å². The Kier molecular flexibility index (Phi) is 6.21. The second-order valence-corrected chi connectivity index (χ2v) is 10.4. The third kappa shape index (κ3) is 4.37. The Morgan fingerprint density at radius 1 is 1.15 bits per heavy atom. The van der Waals surface area contributed by atoms with Gasteiger partial charge in [-0.3, -0.25) is 9.59 Å². The normalized spacial score (nSPS) is 26.3. The highest BCUT2D eigenvalue weighted by Gasteiger charge is 2.43. The number of nitrogens with zero attached hydrogens (tertiary/aromatic N) is 2. The highest BCUT2D eigenvalue weighted by Crippen LogP contribution is 2.44. The van der Waals surface area contributed by atoms with E-state index in [0.717, 1.165) is 25.9 Å². The van der Waals surface area contributed by atoms with Gasteiger partial charge in [0.25, 0.3) is 5.91 Å². The van der Waals surface area contributed by atoms with Crippen molar-refractivity contribution in [1.29, 1.82) is 0 Å². The topological polar surface area (TPSA) is 65.8 Å². The van der Waals surface area contributed by atoms with E-state index < -0.39 is 17.7 Å².